The first-order valence-electron chi connectivity index (χ1n) is 6.79. The number of amides is 1. The number of carbonyl (C=O) groups is 1. The summed E-state index contributed by atoms with van der Waals surface area (Å²) in [7, 11) is 3.43. The fraction of sp³-hybridized carbons (Fsp3) is 0.533. The number of benzene rings is 1. The maximum absolute atomic E-state index is 12.5. The van der Waals surface area contributed by atoms with Crippen molar-refractivity contribution in [1.29, 1.82) is 0 Å². The van der Waals surface area contributed by atoms with Gasteiger partial charge in [0.1, 0.15) is 5.75 Å². The maximum atomic E-state index is 12.5. The third kappa shape index (κ3) is 2.78. The second-order valence-corrected chi connectivity index (χ2v) is 5.17. The van der Waals surface area contributed by atoms with E-state index in [0.717, 1.165) is 11.3 Å². The lowest BCUT2D eigenvalue weighted by atomic mass is 10.00. The van der Waals surface area contributed by atoms with Crippen LogP contribution in [0.1, 0.15) is 18.5 Å². The predicted octanol–water partition coefficient (Wildman–Crippen LogP) is 1.19. The summed E-state index contributed by atoms with van der Waals surface area (Å²) in [6.07, 6.45) is 0. The first-order valence-corrected chi connectivity index (χ1v) is 6.79. The number of hydrogen-bond donors (Lipinski definition) is 1. The second-order valence-electron chi connectivity index (χ2n) is 5.17. The van der Waals surface area contributed by atoms with Gasteiger partial charge in [0.2, 0.25) is 5.91 Å². The Morgan fingerprint density at radius 3 is 2.75 bits per heavy atom. The van der Waals surface area contributed by atoms with Gasteiger partial charge in [0.05, 0.1) is 32.3 Å². The van der Waals surface area contributed by atoms with Crippen LogP contribution in [0.25, 0.3) is 0 Å². The van der Waals surface area contributed by atoms with E-state index in [1.165, 1.54) is 0 Å². The Kier molecular flexibility index (Phi) is 4.62. The molecule has 1 saturated heterocycles. The minimum Gasteiger partial charge on any atom is -0.496 e. The zero-order valence-electron chi connectivity index (χ0n) is 12.2. The molecule has 5 nitrogen and oxygen atoms in total. The van der Waals surface area contributed by atoms with E-state index in [0.29, 0.717) is 13.2 Å². The number of ether oxygens (including phenoxy) is 2. The van der Waals surface area contributed by atoms with Gasteiger partial charge in [-0.3, -0.25) is 4.79 Å². The number of nitrogens with zero attached hydrogens (tertiary/aromatic N) is 1. The van der Waals surface area contributed by atoms with Crippen LogP contribution < -0.4 is 10.5 Å². The Labute approximate surface area is 119 Å². The van der Waals surface area contributed by atoms with Gasteiger partial charge in [-0.05, 0) is 13.0 Å². The van der Waals surface area contributed by atoms with E-state index < -0.39 is 0 Å². The molecule has 1 amide bonds. The summed E-state index contributed by atoms with van der Waals surface area (Å²) in [4.78, 5) is 14.2. The number of para-hydroxylation sites is 1. The third-order valence-electron chi connectivity index (χ3n) is 3.96. The van der Waals surface area contributed by atoms with E-state index >= 15 is 0 Å². The van der Waals surface area contributed by atoms with E-state index in [-0.39, 0.29) is 23.9 Å². The largest absolute Gasteiger partial charge is 0.496 e. The van der Waals surface area contributed by atoms with Crippen molar-refractivity contribution in [1.82, 2.24) is 4.90 Å². The molecule has 20 heavy (non-hydrogen) atoms. The maximum Gasteiger partial charge on any atom is 0.229 e. The normalized spacial score (nSPS) is 23.4. The topological polar surface area (TPSA) is 64.8 Å². The zero-order valence-corrected chi connectivity index (χ0v) is 12.2. The van der Waals surface area contributed by atoms with Crippen LogP contribution in [0.2, 0.25) is 0 Å². The molecule has 1 heterocycles. The summed E-state index contributed by atoms with van der Waals surface area (Å²) in [5, 5.41) is 0. The number of rotatable bonds is 4. The lowest BCUT2D eigenvalue weighted by Crippen LogP contribution is -2.42. The van der Waals surface area contributed by atoms with Crippen LogP contribution in [-0.2, 0) is 9.53 Å². The Bertz CT molecular complexity index is 478. The zero-order chi connectivity index (χ0) is 14.7. The first kappa shape index (κ1) is 14.8. The molecule has 2 N–H and O–H groups in total. The van der Waals surface area contributed by atoms with Crippen LogP contribution >= 0.6 is 0 Å². The molecule has 0 saturated carbocycles. The molecule has 110 valence electrons. The van der Waals surface area contributed by atoms with Gasteiger partial charge in [-0.25, -0.2) is 0 Å². The number of hydrogen-bond acceptors (Lipinski definition) is 4. The van der Waals surface area contributed by atoms with Crippen LogP contribution in [0.5, 0.6) is 5.75 Å². The van der Waals surface area contributed by atoms with Crippen molar-refractivity contribution < 1.29 is 14.3 Å². The quantitative estimate of drug-likeness (QED) is 0.898. The molecular formula is C15H22N2O3. The summed E-state index contributed by atoms with van der Waals surface area (Å²) in [6.45, 7) is 2.84. The van der Waals surface area contributed by atoms with Crippen LogP contribution in [0, 0.1) is 5.92 Å². The third-order valence-corrected chi connectivity index (χ3v) is 3.96. The molecule has 0 bridgehead atoms. The summed E-state index contributed by atoms with van der Waals surface area (Å²) >= 11 is 0. The molecule has 5 heteroatoms. The Balaban J connectivity index is 2.15. The molecule has 3 unspecified atom stereocenters. The van der Waals surface area contributed by atoms with Gasteiger partial charge in [0, 0.05) is 18.7 Å². The number of nitrogens with two attached hydrogens (primary N) is 1. The summed E-state index contributed by atoms with van der Waals surface area (Å²) in [5.74, 6) is 0.553. The van der Waals surface area contributed by atoms with E-state index in [4.69, 9.17) is 15.2 Å². The average Bonchev–Trinajstić information content (AvgIpc) is 2.91. The number of methoxy groups -OCH3 is 1. The van der Waals surface area contributed by atoms with Crippen LogP contribution in [0.4, 0.5) is 0 Å². The molecular weight excluding hydrogens is 256 g/mol. The molecule has 1 fully saturated rings. The molecule has 2 rings (SSSR count). The predicted molar refractivity (Wildman–Crippen MR) is 76.5 cm³/mol. The Morgan fingerprint density at radius 2 is 2.15 bits per heavy atom. The molecule has 1 aromatic rings. The van der Waals surface area contributed by atoms with E-state index in [9.17, 15) is 4.79 Å². The van der Waals surface area contributed by atoms with E-state index in [2.05, 4.69) is 0 Å². The van der Waals surface area contributed by atoms with Crippen molar-refractivity contribution in [3.8, 4) is 5.75 Å². The molecule has 0 spiro atoms. The smallest absolute Gasteiger partial charge is 0.229 e. The van der Waals surface area contributed by atoms with Crippen molar-refractivity contribution in [3.05, 3.63) is 29.8 Å². The number of carbonyl (C=O) groups excluding carboxylic acids is 1. The highest BCUT2D eigenvalue weighted by Gasteiger charge is 2.35. The monoisotopic (exact) mass is 278 g/mol. The molecule has 1 aromatic carbocycles. The minimum absolute atomic E-state index is 0.0217. The highest BCUT2D eigenvalue weighted by atomic mass is 16.5. The summed E-state index contributed by atoms with van der Waals surface area (Å²) in [6, 6.07) is 7.43. The van der Waals surface area contributed by atoms with Crippen molar-refractivity contribution in [2.24, 2.45) is 11.7 Å². The van der Waals surface area contributed by atoms with Gasteiger partial charge in [-0.2, -0.15) is 0 Å². The van der Waals surface area contributed by atoms with E-state index in [1.54, 1.807) is 19.1 Å². The second kappa shape index (κ2) is 6.24. The lowest BCUT2D eigenvalue weighted by Gasteiger charge is -2.29. The summed E-state index contributed by atoms with van der Waals surface area (Å²) < 4.78 is 10.6. The van der Waals surface area contributed by atoms with Crippen molar-refractivity contribution >= 4 is 5.91 Å². The van der Waals surface area contributed by atoms with Crippen LogP contribution in [0.3, 0.4) is 0 Å². The molecule has 1 aliphatic heterocycles. The highest BCUT2D eigenvalue weighted by Crippen LogP contribution is 2.29. The van der Waals surface area contributed by atoms with Gasteiger partial charge in [0.15, 0.2) is 0 Å². The van der Waals surface area contributed by atoms with Crippen molar-refractivity contribution in [3.63, 3.8) is 0 Å². The van der Waals surface area contributed by atoms with Crippen molar-refractivity contribution in [2.75, 3.05) is 27.4 Å². The highest BCUT2D eigenvalue weighted by molar-refractivity contribution is 5.80. The van der Waals surface area contributed by atoms with E-state index in [1.807, 2.05) is 31.2 Å². The average molecular weight is 278 g/mol. The molecule has 0 aromatic heterocycles. The van der Waals surface area contributed by atoms with Crippen LogP contribution in [0.15, 0.2) is 24.3 Å². The van der Waals surface area contributed by atoms with Gasteiger partial charge in [0.25, 0.3) is 0 Å². The molecule has 0 aliphatic carbocycles. The molecule has 3 atom stereocenters. The fourth-order valence-corrected chi connectivity index (χ4v) is 2.50. The SMILES string of the molecule is COc1ccccc1C(C)N(C)C(=O)C1COCC1N. The molecule has 1 aliphatic rings. The Hall–Kier alpha value is -1.59. The summed E-state index contributed by atoms with van der Waals surface area (Å²) in [5.41, 5.74) is 6.90. The van der Waals surface area contributed by atoms with Crippen LogP contribution in [-0.4, -0.2) is 44.2 Å². The van der Waals surface area contributed by atoms with Gasteiger partial charge >= 0.3 is 0 Å². The van der Waals surface area contributed by atoms with Gasteiger partial charge < -0.3 is 20.1 Å². The van der Waals surface area contributed by atoms with Gasteiger partial charge in [-0.1, -0.05) is 18.2 Å². The molecule has 0 radical (unpaired) electrons. The lowest BCUT2D eigenvalue weighted by molar-refractivity contribution is -0.136. The Morgan fingerprint density at radius 1 is 1.45 bits per heavy atom. The fourth-order valence-electron chi connectivity index (χ4n) is 2.50. The minimum atomic E-state index is -0.253. The first-order chi connectivity index (χ1) is 9.56. The standard InChI is InChI=1S/C15H22N2O3/c1-10(11-6-4-5-7-14(11)19-3)17(2)15(18)12-8-20-9-13(12)16/h4-7,10,12-13H,8-9,16H2,1-3H3. The van der Waals surface area contributed by atoms with Gasteiger partial charge in [-0.15, -0.1) is 0 Å². The van der Waals surface area contributed by atoms with Crippen molar-refractivity contribution in [2.45, 2.75) is 19.0 Å².